The molecule has 1 aliphatic rings. The highest BCUT2D eigenvalue weighted by Crippen LogP contribution is 2.33. The maximum Gasteiger partial charge on any atom is 0.160 e. The van der Waals surface area contributed by atoms with E-state index >= 15 is 0 Å². The number of likely N-dealkylation sites (tertiary alicyclic amines) is 1. The van der Waals surface area contributed by atoms with Crippen LogP contribution in [0.5, 0.6) is 11.5 Å². The van der Waals surface area contributed by atoms with Crippen LogP contribution < -0.4 is 15.2 Å². The van der Waals surface area contributed by atoms with Crippen molar-refractivity contribution in [1.82, 2.24) is 4.90 Å². The maximum atomic E-state index is 6.15. The Kier molecular flexibility index (Phi) is 3.54. The summed E-state index contributed by atoms with van der Waals surface area (Å²) in [5, 5.41) is 0. The van der Waals surface area contributed by atoms with Gasteiger partial charge in [-0.15, -0.1) is 0 Å². The van der Waals surface area contributed by atoms with Crippen molar-refractivity contribution in [3.8, 4) is 11.5 Å². The molecule has 1 fully saturated rings. The first-order chi connectivity index (χ1) is 8.15. The molecule has 1 heterocycles. The van der Waals surface area contributed by atoms with Gasteiger partial charge in [-0.05, 0) is 24.7 Å². The van der Waals surface area contributed by atoms with E-state index in [0.717, 1.165) is 24.6 Å². The first-order valence-electron chi connectivity index (χ1n) is 5.81. The Morgan fingerprint density at radius 1 is 1.18 bits per heavy atom. The van der Waals surface area contributed by atoms with Gasteiger partial charge in [0.15, 0.2) is 11.5 Å². The van der Waals surface area contributed by atoms with E-state index in [2.05, 4.69) is 18.0 Å². The number of hydrogen-bond acceptors (Lipinski definition) is 4. The van der Waals surface area contributed by atoms with Crippen LogP contribution >= 0.6 is 0 Å². The highest BCUT2D eigenvalue weighted by atomic mass is 16.5. The normalized spacial score (nSPS) is 24.9. The molecule has 2 atom stereocenters. The van der Waals surface area contributed by atoms with Gasteiger partial charge in [0.2, 0.25) is 0 Å². The summed E-state index contributed by atoms with van der Waals surface area (Å²) in [4.78, 5) is 2.26. The zero-order valence-corrected chi connectivity index (χ0v) is 10.6. The van der Waals surface area contributed by atoms with Crippen LogP contribution in [0.3, 0.4) is 0 Å². The van der Waals surface area contributed by atoms with Crippen molar-refractivity contribution in [3.05, 3.63) is 23.8 Å². The van der Waals surface area contributed by atoms with E-state index in [9.17, 15) is 0 Å². The molecule has 4 nitrogen and oxygen atoms in total. The minimum absolute atomic E-state index is 0.193. The van der Waals surface area contributed by atoms with E-state index in [0.29, 0.717) is 5.92 Å². The fourth-order valence-electron chi connectivity index (χ4n) is 2.47. The molecule has 0 aliphatic carbocycles. The second kappa shape index (κ2) is 4.94. The zero-order valence-electron chi connectivity index (χ0n) is 10.6. The zero-order chi connectivity index (χ0) is 12.4. The van der Waals surface area contributed by atoms with Crippen LogP contribution in [-0.4, -0.2) is 45.3 Å². The van der Waals surface area contributed by atoms with Crippen LogP contribution in [-0.2, 0) is 0 Å². The Morgan fingerprint density at radius 2 is 1.88 bits per heavy atom. The molecule has 2 rings (SSSR count). The van der Waals surface area contributed by atoms with Gasteiger partial charge in [-0.25, -0.2) is 0 Å². The highest BCUT2D eigenvalue weighted by Gasteiger charge is 2.29. The number of hydrogen-bond donors (Lipinski definition) is 1. The molecule has 0 spiro atoms. The summed E-state index contributed by atoms with van der Waals surface area (Å²) in [6, 6.07) is 6.24. The highest BCUT2D eigenvalue weighted by molar-refractivity contribution is 5.44. The molecule has 1 aromatic rings. The number of rotatable bonds is 3. The predicted octanol–water partition coefficient (Wildman–Crippen LogP) is 1.06. The third kappa shape index (κ3) is 2.37. The lowest BCUT2D eigenvalue weighted by atomic mass is 9.94. The van der Waals surface area contributed by atoms with Crippen molar-refractivity contribution < 1.29 is 9.47 Å². The number of nitrogens with zero attached hydrogens (tertiary/aromatic N) is 1. The molecule has 0 saturated carbocycles. The van der Waals surface area contributed by atoms with Crippen LogP contribution in [0.1, 0.15) is 11.5 Å². The Morgan fingerprint density at radius 3 is 2.41 bits per heavy atom. The fraction of sp³-hybridized carbons (Fsp3) is 0.538. The molecule has 17 heavy (non-hydrogen) atoms. The third-order valence-corrected chi connectivity index (χ3v) is 3.38. The molecule has 0 unspecified atom stereocenters. The van der Waals surface area contributed by atoms with E-state index in [-0.39, 0.29) is 6.04 Å². The van der Waals surface area contributed by atoms with Crippen LogP contribution in [0.4, 0.5) is 0 Å². The summed E-state index contributed by atoms with van der Waals surface area (Å²) < 4.78 is 10.6. The van der Waals surface area contributed by atoms with Crippen molar-refractivity contribution in [2.24, 2.45) is 5.73 Å². The number of benzene rings is 1. The number of methoxy groups -OCH3 is 2. The Hall–Kier alpha value is -1.26. The van der Waals surface area contributed by atoms with Crippen LogP contribution in [0.25, 0.3) is 0 Å². The van der Waals surface area contributed by atoms with Gasteiger partial charge in [-0.2, -0.15) is 0 Å². The predicted molar refractivity (Wildman–Crippen MR) is 67.8 cm³/mol. The van der Waals surface area contributed by atoms with E-state index in [1.165, 1.54) is 5.56 Å². The number of ether oxygens (including phenoxy) is 2. The lowest BCUT2D eigenvalue weighted by Gasteiger charge is -2.17. The molecule has 2 N–H and O–H groups in total. The van der Waals surface area contributed by atoms with E-state index in [1.807, 2.05) is 12.1 Å². The topological polar surface area (TPSA) is 47.7 Å². The van der Waals surface area contributed by atoms with E-state index < -0.39 is 0 Å². The summed E-state index contributed by atoms with van der Waals surface area (Å²) >= 11 is 0. The number of nitrogens with two attached hydrogens (primary N) is 1. The van der Waals surface area contributed by atoms with Crippen molar-refractivity contribution in [3.63, 3.8) is 0 Å². The Bertz CT molecular complexity index is 395. The summed E-state index contributed by atoms with van der Waals surface area (Å²) in [5.74, 6) is 1.91. The first kappa shape index (κ1) is 12.2. The fourth-order valence-corrected chi connectivity index (χ4v) is 2.47. The van der Waals surface area contributed by atoms with Crippen LogP contribution in [0, 0.1) is 0 Å². The van der Waals surface area contributed by atoms with Gasteiger partial charge in [0.25, 0.3) is 0 Å². The lowest BCUT2D eigenvalue weighted by molar-refractivity contribution is 0.354. The second-order valence-corrected chi connectivity index (χ2v) is 4.61. The van der Waals surface area contributed by atoms with Crippen molar-refractivity contribution in [1.29, 1.82) is 0 Å². The second-order valence-electron chi connectivity index (χ2n) is 4.61. The summed E-state index contributed by atoms with van der Waals surface area (Å²) in [6.07, 6.45) is 0. The van der Waals surface area contributed by atoms with Gasteiger partial charge in [0.05, 0.1) is 14.2 Å². The first-order valence-corrected chi connectivity index (χ1v) is 5.81. The average molecular weight is 236 g/mol. The molecule has 94 valence electrons. The van der Waals surface area contributed by atoms with Crippen LogP contribution in [0.2, 0.25) is 0 Å². The van der Waals surface area contributed by atoms with Gasteiger partial charge in [-0.3, -0.25) is 0 Å². The minimum Gasteiger partial charge on any atom is -0.493 e. The average Bonchev–Trinajstić information content (AvgIpc) is 2.67. The van der Waals surface area contributed by atoms with Gasteiger partial charge >= 0.3 is 0 Å². The molecule has 1 aliphatic heterocycles. The molecule has 0 aromatic heterocycles. The maximum absolute atomic E-state index is 6.15. The molecular formula is C13H20N2O2. The molecule has 4 heteroatoms. The van der Waals surface area contributed by atoms with Crippen LogP contribution in [0.15, 0.2) is 18.2 Å². The largest absolute Gasteiger partial charge is 0.493 e. The van der Waals surface area contributed by atoms with Gasteiger partial charge in [0.1, 0.15) is 0 Å². The smallest absolute Gasteiger partial charge is 0.160 e. The molecule has 1 saturated heterocycles. The Balaban J connectivity index is 2.27. The molecule has 1 aromatic carbocycles. The van der Waals surface area contributed by atoms with Gasteiger partial charge < -0.3 is 20.1 Å². The standard InChI is InChI=1S/C13H20N2O2/c1-15-7-10(11(14)8-15)9-4-5-12(16-2)13(6-9)17-3/h4-6,10-11H,7-8,14H2,1-3H3/t10-,11-/m1/s1. The van der Waals surface area contributed by atoms with Gasteiger partial charge in [-0.1, -0.05) is 6.07 Å². The van der Waals surface area contributed by atoms with Gasteiger partial charge in [0, 0.05) is 25.0 Å². The number of likely N-dealkylation sites (N-methyl/N-ethyl adjacent to an activating group) is 1. The molecule has 0 amide bonds. The summed E-state index contributed by atoms with van der Waals surface area (Å²) in [6.45, 7) is 1.94. The van der Waals surface area contributed by atoms with E-state index in [4.69, 9.17) is 15.2 Å². The van der Waals surface area contributed by atoms with Crippen molar-refractivity contribution >= 4 is 0 Å². The summed E-state index contributed by atoms with van der Waals surface area (Å²) in [5.41, 5.74) is 7.37. The summed E-state index contributed by atoms with van der Waals surface area (Å²) in [7, 11) is 5.40. The van der Waals surface area contributed by atoms with Crippen molar-refractivity contribution in [2.45, 2.75) is 12.0 Å². The van der Waals surface area contributed by atoms with Crippen molar-refractivity contribution in [2.75, 3.05) is 34.4 Å². The SMILES string of the molecule is COc1ccc([C@H]2CN(C)C[C@H]2N)cc1OC. The molecule has 0 bridgehead atoms. The molecule has 0 radical (unpaired) electrons. The lowest BCUT2D eigenvalue weighted by Crippen LogP contribution is -2.27. The molecular weight excluding hydrogens is 216 g/mol. The minimum atomic E-state index is 0.193. The Labute approximate surface area is 102 Å². The quantitative estimate of drug-likeness (QED) is 0.852. The third-order valence-electron chi connectivity index (χ3n) is 3.38. The van der Waals surface area contributed by atoms with E-state index in [1.54, 1.807) is 14.2 Å². The monoisotopic (exact) mass is 236 g/mol.